The van der Waals surface area contributed by atoms with E-state index in [2.05, 4.69) is 36.7 Å². The zero-order valence-corrected chi connectivity index (χ0v) is 23.4. The molecule has 4 atom stereocenters. The van der Waals surface area contributed by atoms with Gasteiger partial charge in [-0.05, 0) is 72.9 Å². The first-order valence-electron chi connectivity index (χ1n) is 13.3. The van der Waals surface area contributed by atoms with E-state index in [1.54, 1.807) is 12.1 Å². The molecule has 1 saturated carbocycles. The summed E-state index contributed by atoms with van der Waals surface area (Å²) < 4.78 is 15.0. The molecule has 38 heavy (non-hydrogen) atoms. The maximum Gasteiger partial charge on any atom is 0.238 e. The van der Waals surface area contributed by atoms with Gasteiger partial charge in [-0.25, -0.2) is 4.39 Å². The molecule has 0 radical (unpaired) electrons. The van der Waals surface area contributed by atoms with Gasteiger partial charge in [0.25, 0.3) is 0 Å². The van der Waals surface area contributed by atoms with Gasteiger partial charge in [0, 0.05) is 34.8 Å². The van der Waals surface area contributed by atoms with E-state index in [1.165, 1.54) is 12.1 Å². The van der Waals surface area contributed by atoms with Crippen molar-refractivity contribution in [1.29, 1.82) is 0 Å². The third-order valence-corrected chi connectivity index (χ3v) is 8.83. The third kappa shape index (κ3) is 4.83. The molecule has 2 fully saturated rings. The van der Waals surface area contributed by atoms with E-state index in [9.17, 15) is 14.0 Å². The maximum atomic E-state index is 15.0. The SMILES string of the molecule is CC(C)(C)C[C@H]1N[C@@H](C(=O)NC2CCC(N)CC2)[C@H](c2cccc(Cl)c2)[C@@]12C(=O)Nc1cc(Cl)c(F)cc12. The van der Waals surface area contributed by atoms with Crippen LogP contribution in [0.3, 0.4) is 0 Å². The van der Waals surface area contributed by atoms with Gasteiger partial charge in [-0.3, -0.25) is 9.59 Å². The first-order valence-corrected chi connectivity index (χ1v) is 14.0. The van der Waals surface area contributed by atoms with Crippen LogP contribution in [-0.2, 0) is 15.0 Å². The maximum absolute atomic E-state index is 15.0. The van der Waals surface area contributed by atoms with Crippen LogP contribution in [0.4, 0.5) is 10.1 Å². The zero-order valence-electron chi connectivity index (χ0n) is 21.9. The van der Waals surface area contributed by atoms with Gasteiger partial charge in [0.1, 0.15) is 11.2 Å². The normalized spacial score (nSPS) is 30.8. The van der Waals surface area contributed by atoms with Crippen LogP contribution in [0, 0.1) is 11.2 Å². The summed E-state index contributed by atoms with van der Waals surface area (Å²) >= 11 is 12.5. The summed E-state index contributed by atoms with van der Waals surface area (Å²) in [6.45, 7) is 6.27. The molecular weight excluding hydrogens is 526 g/mol. The number of amides is 2. The van der Waals surface area contributed by atoms with Crippen LogP contribution >= 0.6 is 23.2 Å². The molecule has 2 heterocycles. The van der Waals surface area contributed by atoms with E-state index < -0.39 is 29.2 Å². The number of anilines is 1. The van der Waals surface area contributed by atoms with Crippen LogP contribution in [0.25, 0.3) is 0 Å². The zero-order chi connectivity index (χ0) is 27.4. The molecule has 1 saturated heterocycles. The van der Waals surface area contributed by atoms with Crippen molar-refractivity contribution >= 4 is 40.7 Å². The highest BCUT2D eigenvalue weighted by Crippen LogP contribution is 2.57. The molecule has 3 aliphatic rings. The molecule has 9 heteroatoms. The lowest BCUT2D eigenvalue weighted by Crippen LogP contribution is -2.50. The Balaban J connectivity index is 1.66. The minimum Gasteiger partial charge on any atom is -0.352 e. The second-order valence-electron chi connectivity index (χ2n) is 12.2. The van der Waals surface area contributed by atoms with Crippen LogP contribution in [-0.4, -0.2) is 36.0 Å². The number of hydrogen-bond acceptors (Lipinski definition) is 4. The molecule has 6 nitrogen and oxygen atoms in total. The highest BCUT2D eigenvalue weighted by atomic mass is 35.5. The summed E-state index contributed by atoms with van der Waals surface area (Å²) in [5.74, 6) is -1.70. The molecule has 0 bridgehead atoms. The Labute approximate surface area is 233 Å². The highest BCUT2D eigenvalue weighted by Gasteiger charge is 2.66. The van der Waals surface area contributed by atoms with Crippen molar-refractivity contribution in [2.24, 2.45) is 11.1 Å². The van der Waals surface area contributed by atoms with Crippen molar-refractivity contribution < 1.29 is 14.0 Å². The average molecular weight is 562 g/mol. The largest absolute Gasteiger partial charge is 0.352 e. The van der Waals surface area contributed by atoms with Crippen molar-refractivity contribution in [2.45, 2.75) is 88.4 Å². The minimum absolute atomic E-state index is 0.0164. The number of halogens is 3. The first kappa shape index (κ1) is 27.4. The van der Waals surface area contributed by atoms with Crippen molar-refractivity contribution in [1.82, 2.24) is 10.6 Å². The van der Waals surface area contributed by atoms with E-state index in [0.717, 1.165) is 31.2 Å². The molecule has 0 aromatic heterocycles. The summed E-state index contributed by atoms with van der Waals surface area (Å²) in [4.78, 5) is 28.1. The molecule has 2 aromatic rings. The summed E-state index contributed by atoms with van der Waals surface area (Å²) in [6, 6.07) is 9.05. The number of benzene rings is 2. The lowest BCUT2D eigenvalue weighted by Gasteiger charge is -2.37. The Morgan fingerprint density at radius 1 is 1.16 bits per heavy atom. The van der Waals surface area contributed by atoms with Crippen LogP contribution < -0.4 is 21.7 Å². The van der Waals surface area contributed by atoms with Crippen LogP contribution in [0.15, 0.2) is 36.4 Å². The molecule has 5 N–H and O–H groups in total. The van der Waals surface area contributed by atoms with Crippen molar-refractivity contribution in [2.75, 3.05) is 5.32 Å². The van der Waals surface area contributed by atoms with Gasteiger partial charge >= 0.3 is 0 Å². The Morgan fingerprint density at radius 2 is 1.87 bits per heavy atom. The van der Waals surface area contributed by atoms with Gasteiger partial charge in [-0.2, -0.15) is 0 Å². The van der Waals surface area contributed by atoms with Crippen LogP contribution in [0.1, 0.15) is 69.9 Å². The Morgan fingerprint density at radius 3 is 2.53 bits per heavy atom. The number of nitrogens with one attached hydrogen (secondary N) is 3. The molecule has 2 aromatic carbocycles. The Hall–Kier alpha value is -2.19. The number of carbonyl (C=O) groups excluding carboxylic acids is 2. The third-order valence-electron chi connectivity index (χ3n) is 8.31. The fourth-order valence-electron chi connectivity index (χ4n) is 6.69. The van der Waals surface area contributed by atoms with Gasteiger partial charge in [0.05, 0.1) is 11.1 Å². The molecular formula is C29H35Cl2FN4O2. The van der Waals surface area contributed by atoms with Gasteiger partial charge < -0.3 is 21.7 Å². The molecule has 1 spiro atoms. The van der Waals surface area contributed by atoms with E-state index in [4.69, 9.17) is 28.9 Å². The molecule has 2 aliphatic heterocycles. The van der Waals surface area contributed by atoms with Crippen molar-refractivity contribution in [3.05, 3.63) is 63.4 Å². The van der Waals surface area contributed by atoms with Crippen molar-refractivity contribution in [3.63, 3.8) is 0 Å². The summed E-state index contributed by atoms with van der Waals surface area (Å²) in [5, 5.41) is 10.2. The molecule has 2 amide bonds. The van der Waals surface area contributed by atoms with Crippen LogP contribution in [0.5, 0.6) is 0 Å². The Bertz CT molecular complexity index is 1260. The number of carbonyl (C=O) groups is 2. The predicted octanol–water partition coefficient (Wildman–Crippen LogP) is 5.27. The van der Waals surface area contributed by atoms with E-state index in [-0.39, 0.29) is 34.3 Å². The summed E-state index contributed by atoms with van der Waals surface area (Å²) in [7, 11) is 0. The predicted molar refractivity (Wildman–Crippen MR) is 149 cm³/mol. The minimum atomic E-state index is -1.25. The average Bonchev–Trinajstić information content (AvgIpc) is 3.30. The van der Waals surface area contributed by atoms with E-state index >= 15 is 0 Å². The quantitative estimate of drug-likeness (QED) is 0.409. The second kappa shape index (κ2) is 10.1. The van der Waals surface area contributed by atoms with Crippen LogP contribution in [0.2, 0.25) is 10.0 Å². The second-order valence-corrected chi connectivity index (χ2v) is 13.1. The van der Waals surface area contributed by atoms with E-state index in [1.807, 2.05) is 12.1 Å². The van der Waals surface area contributed by atoms with Gasteiger partial charge in [-0.15, -0.1) is 0 Å². The highest BCUT2D eigenvalue weighted by molar-refractivity contribution is 6.31. The summed E-state index contributed by atoms with van der Waals surface area (Å²) in [5.41, 5.74) is 6.35. The van der Waals surface area contributed by atoms with Gasteiger partial charge in [0.2, 0.25) is 11.8 Å². The fraction of sp³-hybridized carbons (Fsp3) is 0.517. The smallest absolute Gasteiger partial charge is 0.238 e. The van der Waals surface area contributed by atoms with Gasteiger partial charge in [0.15, 0.2) is 0 Å². The molecule has 1 aliphatic carbocycles. The standard InChI is InChI=1S/C29H35Cl2FN4O2/c1-28(2,3)14-23-29(19-12-21(32)20(31)13-22(19)35-27(29)38)24(15-5-4-6-16(30)11-15)25(36-23)26(37)34-18-9-7-17(33)8-10-18/h4-6,11-13,17-18,23-25,36H,7-10,14,33H2,1-3H3,(H,34,37)(H,35,38)/t17?,18?,23-,24+,25-,29+/m1/s1. The first-order chi connectivity index (χ1) is 17.9. The Kier molecular flexibility index (Phi) is 7.27. The molecule has 204 valence electrons. The molecule has 0 unspecified atom stereocenters. The number of nitrogens with two attached hydrogens (primary N) is 1. The van der Waals surface area contributed by atoms with E-state index in [0.29, 0.717) is 22.7 Å². The number of fused-ring (bicyclic) bond motifs is 2. The lowest BCUT2D eigenvalue weighted by molar-refractivity contribution is -0.124. The monoisotopic (exact) mass is 560 g/mol. The summed E-state index contributed by atoms with van der Waals surface area (Å²) in [6.07, 6.45) is 3.90. The number of hydrogen-bond donors (Lipinski definition) is 4. The topological polar surface area (TPSA) is 96.2 Å². The van der Waals surface area contributed by atoms with Gasteiger partial charge in [-0.1, -0.05) is 56.1 Å². The lowest BCUT2D eigenvalue weighted by atomic mass is 9.62. The van der Waals surface area contributed by atoms with Crippen molar-refractivity contribution in [3.8, 4) is 0 Å². The number of rotatable bonds is 4. The molecule has 5 rings (SSSR count). The fourth-order valence-corrected chi connectivity index (χ4v) is 7.05.